The quantitative estimate of drug-likeness (QED) is 0.904. The van der Waals surface area contributed by atoms with Gasteiger partial charge in [0, 0.05) is 5.56 Å². The van der Waals surface area contributed by atoms with E-state index in [2.05, 4.69) is 15.0 Å². The van der Waals surface area contributed by atoms with Crippen molar-refractivity contribution in [2.24, 2.45) is 0 Å². The van der Waals surface area contributed by atoms with Crippen molar-refractivity contribution in [2.45, 2.75) is 20.0 Å². The van der Waals surface area contributed by atoms with Gasteiger partial charge in [-0.3, -0.25) is 0 Å². The number of nitrogens with zero attached hydrogens (tertiary/aromatic N) is 3. The zero-order valence-corrected chi connectivity index (χ0v) is 11.1. The topological polar surface area (TPSA) is 83.2 Å². The maximum atomic E-state index is 5.60. The molecule has 0 radical (unpaired) electrons. The van der Waals surface area contributed by atoms with Crippen LogP contribution < -0.4 is 15.2 Å². The molecule has 0 saturated carbocycles. The molecule has 100 valence electrons. The third-order valence-electron chi connectivity index (χ3n) is 2.30. The van der Waals surface area contributed by atoms with E-state index in [0.717, 1.165) is 11.3 Å². The van der Waals surface area contributed by atoms with Gasteiger partial charge >= 0.3 is 6.01 Å². The summed E-state index contributed by atoms with van der Waals surface area (Å²) in [5.74, 6) is 1.40. The second kappa shape index (κ2) is 5.51. The first-order valence-electron chi connectivity index (χ1n) is 5.91. The minimum Gasteiger partial charge on any atom is -0.491 e. The van der Waals surface area contributed by atoms with Crippen molar-refractivity contribution in [3.05, 3.63) is 24.3 Å². The van der Waals surface area contributed by atoms with Gasteiger partial charge in [-0.25, -0.2) is 0 Å². The lowest BCUT2D eigenvalue weighted by atomic mass is 10.2. The molecule has 0 amide bonds. The van der Waals surface area contributed by atoms with Crippen molar-refractivity contribution >= 4 is 5.95 Å². The predicted molar refractivity (Wildman–Crippen MR) is 72.0 cm³/mol. The highest BCUT2D eigenvalue weighted by Gasteiger charge is 2.07. The van der Waals surface area contributed by atoms with Crippen LogP contribution in [0.5, 0.6) is 11.8 Å². The first-order valence-corrected chi connectivity index (χ1v) is 5.91. The van der Waals surface area contributed by atoms with E-state index in [-0.39, 0.29) is 18.1 Å². The highest BCUT2D eigenvalue weighted by molar-refractivity contribution is 5.57. The number of rotatable bonds is 4. The molecule has 0 saturated heterocycles. The van der Waals surface area contributed by atoms with Gasteiger partial charge in [0.05, 0.1) is 13.2 Å². The molecule has 0 aliphatic rings. The zero-order valence-electron chi connectivity index (χ0n) is 11.1. The average Bonchev–Trinajstić information content (AvgIpc) is 2.38. The van der Waals surface area contributed by atoms with Gasteiger partial charge < -0.3 is 15.2 Å². The van der Waals surface area contributed by atoms with E-state index in [0.29, 0.717) is 5.82 Å². The van der Waals surface area contributed by atoms with E-state index in [1.54, 1.807) is 0 Å². The molecule has 1 heterocycles. The molecule has 0 aliphatic heterocycles. The SMILES string of the molecule is COc1nc(N)nc(-c2ccc(OC(C)C)cc2)n1. The number of nitrogens with two attached hydrogens (primary N) is 1. The molecule has 0 unspecified atom stereocenters. The number of benzene rings is 1. The van der Waals surface area contributed by atoms with Gasteiger partial charge in [0.2, 0.25) is 5.95 Å². The second-order valence-corrected chi connectivity index (χ2v) is 4.19. The molecule has 6 nitrogen and oxygen atoms in total. The van der Waals surface area contributed by atoms with Crippen molar-refractivity contribution in [3.8, 4) is 23.1 Å². The molecule has 0 aliphatic carbocycles. The van der Waals surface area contributed by atoms with Crippen LogP contribution in [-0.4, -0.2) is 28.2 Å². The summed E-state index contributed by atoms with van der Waals surface area (Å²) in [7, 11) is 1.48. The van der Waals surface area contributed by atoms with Crippen LogP contribution in [0.15, 0.2) is 24.3 Å². The first kappa shape index (κ1) is 13.1. The molecule has 2 aromatic rings. The molecule has 2 rings (SSSR count). The summed E-state index contributed by atoms with van der Waals surface area (Å²) in [5.41, 5.74) is 6.42. The van der Waals surface area contributed by atoms with Crippen LogP contribution in [-0.2, 0) is 0 Å². The summed E-state index contributed by atoms with van der Waals surface area (Å²) < 4.78 is 10.5. The number of methoxy groups -OCH3 is 1. The first-order chi connectivity index (χ1) is 9.08. The van der Waals surface area contributed by atoms with E-state index in [1.807, 2.05) is 38.1 Å². The Labute approximate surface area is 111 Å². The monoisotopic (exact) mass is 260 g/mol. The summed E-state index contributed by atoms with van der Waals surface area (Å²) in [6, 6.07) is 7.66. The van der Waals surface area contributed by atoms with Crippen LogP contribution in [0.25, 0.3) is 11.4 Å². The molecule has 2 N–H and O–H groups in total. The van der Waals surface area contributed by atoms with Gasteiger partial charge in [0.25, 0.3) is 0 Å². The van der Waals surface area contributed by atoms with Crippen molar-refractivity contribution in [3.63, 3.8) is 0 Å². The van der Waals surface area contributed by atoms with Gasteiger partial charge in [-0.2, -0.15) is 15.0 Å². The fraction of sp³-hybridized carbons (Fsp3) is 0.308. The molecule has 19 heavy (non-hydrogen) atoms. The van der Waals surface area contributed by atoms with Crippen LogP contribution in [0.2, 0.25) is 0 Å². The summed E-state index contributed by atoms with van der Waals surface area (Å²) in [4.78, 5) is 12.1. The molecule has 0 atom stereocenters. The van der Waals surface area contributed by atoms with Gasteiger partial charge in [-0.05, 0) is 38.1 Å². The highest BCUT2D eigenvalue weighted by atomic mass is 16.5. The summed E-state index contributed by atoms with van der Waals surface area (Å²) in [5, 5.41) is 0. The van der Waals surface area contributed by atoms with Gasteiger partial charge in [-0.15, -0.1) is 0 Å². The Morgan fingerprint density at radius 1 is 1.05 bits per heavy atom. The summed E-state index contributed by atoms with van der Waals surface area (Å²) >= 11 is 0. The number of hydrogen-bond donors (Lipinski definition) is 1. The van der Waals surface area contributed by atoms with Crippen LogP contribution in [0.4, 0.5) is 5.95 Å². The lowest BCUT2D eigenvalue weighted by Crippen LogP contribution is -2.05. The van der Waals surface area contributed by atoms with Gasteiger partial charge in [-0.1, -0.05) is 0 Å². The maximum Gasteiger partial charge on any atom is 0.321 e. The lowest BCUT2D eigenvalue weighted by molar-refractivity contribution is 0.242. The number of anilines is 1. The normalized spacial score (nSPS) is 10.5. The Balaban J connectivity index is 2.29. The summed E-state index contributed by atoms with van der Waals surface area (Å²) in [6.07, 6.45) is 0.138. The van der Waals surface area contributed by atoms with Crippen LogP contribution in [0.1, 0.15) is 13.8 Å². The zero-order chi connectivity index (χ0) is 13.8. The predicted octanol–water partition coefficient (Wildman–Crippen LogP) is 1.92. The van der Waals surface area contributed by atoms with Crippen LogP contribution in [0, 0.1) is 0 Å². The molecule has 0 bridgehead atoms. The minimum atomic E-state index is 0.129. The van der Waals surface area contributed by atoms with Crippen molar-refractivity contribution in [1.29, 1.82) is 0 Å². The smallest absolute Gasteiger partial charge is 0.321 e. The number of aromatic nitrogens is 3. The van der Waals surface area contributed by atoms with Crippen LogP contribution in [0.3, 0.4) is 0 Å². The minimum absolute atomic E-state index is 0.129. The van der Waals surface area contributed by atoms with Crippen molar-refractivity contribution in [1.82, 2.24) is 15.0 Å². The Morgan fingerprint density at radius 2 is 1.74 bits per heavy atom. The number of hydrogen-bond acceptors (Lipinski definition) is 6. The standard InChI is InChI=1S/C13H16N4O2/c1-8(2)19-10-6-4-9(5-7-10)11-15-12(14)17-13(16-11)18-3/h4-8H,1-3H3,(H2,14,15,16,17). The van der Waals surface area contributed by atoms with E-state index in [1.165, 1.54) is 7.11 Å². The third-order valence-corrected chi connectivity index (χ3v) is 2.30. The average molecular weight is 260 g/mol. The molecule has 1 aromatic heterocycles. The largest absolute Gasteiger partial charge is 0.491 e. The van der Waals surface area contributed by atoms with Crippen molar-refractivity contribution in [2.75, 3.05) is 12.8 Å². The van der Waals surface area contributed by atoms with Gasteiger partial charge in [0.15, 0.2) is 5.82 Å². The molecule has 0 fully saturated rings. The fourth-order valence-corrected chi connectivity index (χ4v) is 1.55. The molecule has 1 aromatic carbocycles. The van der Waals surface area contributed by atoms with E-state index >= 15 is 0 Å². The number of ether oxygens (including phenoxy) is 2. The van der Waals surface area contributed by atoms with E-state index < -0.39 is 0 Å². The fourth-order valence-electron chi connectivity index (χ4n) is 1.55. The molecular weight excluding hydrogens is 244 g/mol. The number of nitrogen functional groups attached to an aromatic ring is 1. The van der Waals surface area contributed by atoms with E-state index in [4.69, 9.17) is 15.2 Å². The Hall–Kier alpha value is -2.37. The Kier molecular flexibility index (Phi) is 3.79. The maximum absolute atomic E-state index is 5.60. The van der Waals surface area contributed by atoms with Gasteiger partial charge in [0.1, 0.15) is 5.75 Å². The van der Waals surface area contributed by atoms with E-state index in [9.17, 15) is 0 Å². The molecule has 0 spiro atoms. The Bertz CT molecular complexity index is 555. The second-order valence-electron chi connectivity index (χ2n) is 4.19. The molecule has 6 heteroatoms. The lowest BCUT2D eigenvalue weighted by Gasteiger charge is -2.10. The van der Waals surface area contributed by atoms with Crippen molar-refractivity contribution < 1.29 is 9.47 Å². The Morgan fingerprint density at radius 3 is 2.32 bits per heavy atom. The molecular formula is C13H16N4O2. The highest BCUT2D eigenvalue weighted by Crippen LogP contribution is 2.21. The van der Waals surface area contributed by atoms with Crippen LogP contribution >= 0.6 is 0 Å². The summed E-state index contributed by atoms with van der Waals surface area (Å²) in [6.45, 7) is 3.96. The third kappa shape index (κ3) is 3.31.